The molecule has 0 aliphatic carbocycles. The second kappa shape index (κ2) is 9.25. The molecule has 0 fully saturated rings. The molecule has 0 bridgehead atoms. The summed E-state index contributed by atoms with van der Waals surface area (Å²) in [5, 5.41) is 3.65. The molecule has 1 atom stereocenters. The number of hydrogen-bond donors (Lipinski definition) is 1. The van der Waals surface area contributed by atoms with Crippen molar-refractivity contribution in [3.8, 4) is 0 Å². The third-order valence-electron chi connectivity index (χ3n) is 3.93. The fourth-order valence-electron chi connectivity index (χ4n) is 2.64. The molecule has 1 aromatic heterocycles. The van der Waals surface area contributed by atoms with Crippen LogP contribution in [0.4, 0.5) is 0 Å². The zero-order valence-electron chi connectivity index (χ0n) is 14.9. The average molecular weight is 384 g/mol. The number of benzene rings is 2. The number of fused-ring (bicyclic) bond motifs is 1. The Kier molecular flexibility index (Phi) is 6.51. The standard InChI is InChI=1S/C20H20N2O4S/c1-25-20(24)11-16(14-7-3-2-4-8-14)21-18(23)12-26-13-19-22-15-9-5-6-10-17(15)27-19/h2-10,16H,11-13H2,1H3,(H,21,23). The van der Waals surface area contributed by atoms with Crippen LogP contribution >= 0.6 is 11.3 Å². The number of para-hydroxylation sites is 1. The minimum Gasteiger partial charge on any atom is -0.469 e. The third-order valence-corrected chi connectivity index (χ3v) is 4.94. The maximum absolute atomic E-state index is 12.3. The van der Waals surface area contributed by atoms with Crippen molar-refractivity contribution >= 4 is 33.4 Å². The Morgan fingerprint density at radius 3 is 2.59 bits per heavy atom. The topological polar surface area (TPSA) is 77.5 Å². The highest BCUT2D eigenvalue weighted by Crippen LogP contribution is 2.22. The molecule has 140 valence electrons. The Morgan fingerprint density at radius 1 is 1.11 bits per heavy atom. The highest BCUT2D eigenvalue weighted by atomic mass is 32.1. The number of carbonyl (C=O) groups is 2. The molecule has 2 aromatic carbocycles. The van der Waals surface area contributed by atoms with E-state index in [9.17, 15) is 9.59 Å². The van der Waals surface area contributed by atoms with Gasteiger partial charge in [0.25, 0.3) is 0 Å². The van der Waals surface area contributed by atoms with Gasteiger partial charge in [-0.2, -0.15) is 0 Å². The van der Waals surface area contributed by atoms with Gasteiger partial charge in [0.1, 0.15) is 11.6 Å². The van der Waals surface area contributed by atoms with Crippen molar-refractivity contribution < 1.29 is 19.1 Å². The Hall–Kier alpha value is -2.77. The first kappa shape index (κ1) is 19.0. The largest absolute Gasteiger partial charge is 0.469 e. The Balaban J connectivity index is 1.54. The van der Waals surface area contributed by atoms with Crippen molar-refractivity contribution in [2.24, 2.45) is 0 Å². The van der Waals surface area contributed by atoms with E-state index in [-0.39, 0.29) is 31.5 Å². The van der Waals surface area contributed by atoms with Crippen LogP contribution in [0.5, 0.6) is 0 Å². The smallest absolute Gasteiger partial charge is 0.307 e. The summed E-state index contributed by atoms with van der Waals surface area (Å²) >= 11 is 1.54. The number of esters is 1. The van der Waals surface area contributed by atoms with Crippen LogP contribution < -0.4 is 5.32 Å². The number of rotatable bonds is 8. The molecule has 1 heterocycles. The summed E-state index contributed by atoms with van der Waals surface area (Å²) in [6.07, 6.45) is 0.0596. The number of thiazole rings is 1. The predicted molar refractivity (Wildman–Crippen MR) is 103 cm³/mol. The van der Waals surface area contributed by atoms with E-state index >= 15 is 0 Å². The number of ether oxygens (including phenoxy) is 2. The van der Waals surface area contributed by atoms with Crippen molar-refractivity contribution in [2.75, 3.05) is 13.7 Å². The number of methoxy groups -OCH3 is 1. The lowest BCUT2D eigenvalue weighted by Crippen LogP contribution is -2.33. The van der Waals surface area contributed by atoms with Gasteiger partial charge >= 0.3 is 5.97 Å². The average Bonchev–Trinajstić information content (AvgIpc) is 3.10. The van der Waals surface area contributed by atoms with Gasteiger partial charge in [0, 0.05) is 0 Å². The first-order chi connectivity index (χ1) is 13.2. The number of amides is 1. The van der Waals surface area contributed by atoms with Crippen molar-refractivity contribution in [3.05, 3.63) is 65.2 Å². The van der Waals surface area contributed by atoms with E-state index in [1.165, 1.54) is 7.11 Å². The highest BCUT2D eigenvalue weighted by molar-refractivity contribution is 7.18. The van der Waals surface area contributed by atoms with E-state index in [4.69, 9.17) is 9.47 Å². The number of hydrogen-bond acceptors (Lipinski definition) is 6. The zero-order chi connectivity index (χ0) is 19.1. The molecule has 0 saturated carbocycles. The molecular weight excluding hydrogens is 364 g/mol. The van der Waals surface area contributed by atoms with E-state index in [0.29, 0.717) is 0 Å². The molecule has 1 amide bonds. The minimum atomic E-state index is -0.461. The third kappa shape index (κ3) is 5.35. The van der Waals surface area contributed by atoms with E-state index in [0.717, 1.165) is 20.8 Å². The monoisotopic (exact) mass is 384 g/mol. The van der Waals surface area contributed by atoms with Gasteiger partial charge in [0.05, 0.1) is 36.4 Å². The molecule has 3 aromatic rings. The lowest BCUT2D eigenvalue weighted by atomic mass is 10.0. The number of carbonyl (C=O) groups excluding carboxylic acids is 2. The number of nitrogens with zero attached hydrogens (tertiary/aromatic N) is 1. The second-order valence-electron chi connectivity index (χ2n) is 5.88. The van der Waals surface area contributed by atoms with Gasteiger partial charge in [0.2, 0.25) is 5.91 Å². The van der Waals surface area contributed by atoms with Crippen LogP contribution in [0.1, 0.15) is 23.0 Å². The zero-order valence-corrected chi connectivity index (χ0v) is 15.7. The van der Waals surface area contributed by atoms with E-state index in [1.54, 1.807) is 11.3 Å². The minimum absolute atomic E-state index is 0.0596. The molecule has 3 rings (SSSR count). The molecule has 1 N–H and O–H groups in total. The maximum atomic E-state index is 12.3. The predicted octanol–water partition coefficient (Wildman–Crippen LogP) is 3.23. The van der Waals surface area contributed by atoms with Crippen molar-refractivity contribution in [1.82, 2.24) is 10.3 Å². The Morgan fingerprint density at radius 2 is 1.85 bits per heavy atom. The molecule has 0 spiro atoms. The van der Waals surface area contributed by atoms with E-state index < -0.39 is 6.04 Å². The summed E-state index contributed by atoms with van der Waals surface area (Å²) in [5.74, 6) is -0.687. The van der Waals surface area contributed by atoms with Gasteiger partial charge in [-0.3, -0.25) is 9.59 Å². The van der Waals surface area contributed by atoms with Crippen molar-refractivity contribution in [1.29, 1.82) is 0 Å². The SMILES string of the molecule is COC(=O)CC(NC(=O)COCc1nc2ccccc2s1)c1ccccc1. The van der Waals surface area contributed by atoms with Gasteiger partial charge in [-0.25, -0.2) is 4.98 Å². The van der Waals surface area contributed by atoms with Gasteiger partial charge in [-0.05, 0) is 17.7 Å². The van der Waals surface area contributed by atoms with Crippen LogP contribution in [0, 0.1) is 0 Å². The summed E-state index contributed by atoms with van der Waals surface area (Å²) in [5.41, 5.74) is 1.76. The molecule has 0 aliphatic rings. The molecule has 6 nitrogen and oxygen atoms in total. The number of nitrogens with one attached hydrogen (secondary N) is 1. The Bertz CT molecular complexity index is 878. The fraction of sp³-hybridized carbons (Fsp3) is 0.250. The molecule has 0 saturated heterocycles. The summed E-state index contributed by atoms with van der Waals surface area (Å²) < 4.78 is 11.3. The van der Waals surface area contributed by atoms with E-state index in [1.807, 2.05) is 54.6 Å². The first-order valence-corrected chi connectivity index (χ1v) is 9.30. The lowest BCUT2D eigenvalue weighted by molar-refractivity contribution is -0.141. The molecule has 7 heteroatoms. The van der Waals surface area contributed by atoms with Gasteiger partial charge in [0.15, 0.2) is 0 Å². The number of aromatic nitrogens is 1. The van der Waals surface area contributed by atoms with Crippen molar-refractivity contribution in [2.45, 2.75) is 19.1 Å². The van der Waals surface area contributed by atoms with Gasteiger partial charge in [-0.15, -0.1) is 11.3 Å². The summed E-state index contributed by atoms with van der Waals surface area (Å²) in [4.78, 5) is 28.4. The summed E-state index contributed by atoms with van der Waals surface area (Å²) in [6.45, 7) is 0.153. The quantitative estimate of drug-likeness (QED) is 0.604. The van der Waals surface area contributed by atoms with Crippen LogP contribution in [-0.4, -0.2) is 30.6 Å². The van der Waals surface area contributed by atoms with Gasteiger partial charge in [-0.1, -0.05) is 42.5 Å². The molecule has 0 aliphatic heterocycles. The normalized spacial score (nSPS) is 11.9. The fourth-order valence-corrected chi connectivity index (χ4v) is 3.54. The summed E-state index contributed by atoms with van der Waals surface area (Å²) in [7, 11) is 1.33. The molecular formula is C20H20N2O4S. The summed E-state index contributed by atoms with van der Waals surface area (Å²) in [6, 6.07) is 16.7. The molecule has 0 radical (unpaired) electrons. The van der Waals surface area contributed by atoms with Crippen LogP contribution in [0.3, 0.4) is 0 Å². The van der Waals surface area contributed by atoms with Crippen LogP contribution in [-0.2, 0) is 25.7 Å². The van der Waals surface area contributed by atoms with Crippen LogP contribution in [0.15, 0.2) is 54.6 Å². The lowest BCUT2D eigenvalue weighted by Gasteiger charge is -2.18. The van der Waals surface area contributed by atoms with E-state index in [2.05, 4.69) is 10.3 Å². The van der Waals surface area contributed by atoms with Crippen molar-refractivity contribution in [3.63, 3.8) is 0 Å². The second-order valence-corrected chi connectivity index (χ2v) is 6.99. The van der Waals surface area contributed by atoms with Gasteiger partial charge < -0.3 is 14.8 Å². The van der Waals surface area contributed by atoms with Crippen LogP contribution in [0.25, 0.3) is 10.2 Å². The molecule has 27 heavy (non-hydrogen) atoms. The molecule has 1 unspecified atom stereocenters. The Labute approximate surface area is 161 Å². The highest BCUT2D eigenvalue weighted by Gasteiger charge is 2.19. The van der Waals surface area contributed by atoms with Crippen LogP contribution in [0.2, 0.25) is 0 Å². The maximum Gasteiger partial charge on any atom is 0.307 e. The first-order valence-electron chi connectivity index (χ1n) is 8.49.